The van der Waals surface area contributed by atoms with Crippen LogP contribution in [-0.4, -0.2) is 16.5 Å². The fourth-order valence-corrected chi connectivity index (χ4v) is 1.62. The molecule has 1 N–H and O–H groups in total. The van der Waals surface area contributed by atoms with Crippen molar-refractivity contribution in [1.29, 1.82) is 0 Å². The van der Waals surface area contributed by atoms with Crippen molar-refractivity contribution in [2.75, 3.05) is 6.54 Å². The first-order valence-electron chi connectivity index (χ1n) is 5.42. The first-order valence-corrected chi connectivity index (χ1v) is 5.42. The highest BCUT2D eigenvalue weighted by Crippen LogP contribution is 2.20. The molecule has 1 unspecified atom stereocenters. The molecule has 0 saturated carbocycles. The highest BCUT2D eigenvalue weighted by molar-refractivity contribution is 5.25. The zero-order valence-electron chi connectivity index (χ0n) is 9.26. The highest BCUT2D eigenvalue weighted by atomic mass is 16.3. The van der Waals surface area contributed by atoms with Gasteiger partial charge in [-0.25, -0.2) is 9.97 Å². The van der Waals surface area contributed by atoms with Crippen LogP contribution in [0.2, 0.25) is 0 Å². The maximum Gasteiger partial charge on any atom is 0.115 e. The van der Waals surface area contributed by atoms with Crippen LogP contribution in [0.5, 0.6) is 0 Å². The zero-order chi connectivity index (χ0) is 11.2. The van der Waals surface area contributed by atoms with E-state index in [0.717, 1.165) is 24.1 Å². The third kappa shape index (κ3) is 2.46. The topological polar surface area (TPSA) is 51.0 Å². The van der Waals surface area contributed by atoms with Gasteiger partial charge in [0.1, 0.15) is 6.33 Å². The fourth-order valence-electron chi connectivity index (χ4n) is 1.62. The lowest BCUT2D eigenvalue weighted by atomic mass is 10.0. The summed E-state index contributed by atoms with van der Waals surface area (Å²) in [6.07, 6.45) is 9.71. The predicted octanol–water partition coefficient (Wildman–Crippen LogP) is 2.16. The van der Waals surface area contributed by atoms with E-state index in [1.807, 2.05) is 18.5 Å². The molecule has 0 radical (unpaired) electrons. The van der Waals surface area contributed by atoms with E-state index in [9.17, 15) is 0 Å². The van der Waals surface area contributed by atoms with E-state index in [1.165, 1.54) is 6.33 Å². The van der Waals surface area contributed by atoms with E-state index in [-0.39, 0.29) is 6.04 Å². The van der Waals surface area contributed by atoms with Crippen molar-refractivity contribution >= 4 is 0 Å². The van der Waals surface area contributed by atoms with Gasteiger partial charge in [-0.05, 0) is 19.0 Å². The van der Waals surface area contributed by atoms with Gasteiger partial charge in [0, 0.05) is 23.5 Å². The molecular weight excluding hydrogens is 202 g/mol. The highest BCUT2D eigenvalue weighted by Gasteiger charge is 2.14. The second kappa shape index (κ2) is 5.42. The molecule has 0 spiro atoms. The normalized spacial score (nSPS) is 12.6. The number of hydrogen-bond donors (Lipinski definition) is 1. The van der Waals surface area contributed by atoms with Gasteiger partial charge in [0.05, 0.1) is 18.6 Å². The third-order valence-corrected chi connectivity index (χ3v) is 2.39. The minimum atomic E-state index is 0.111. The second-order valence-electron chi connectivity index (χ2n) is 3.62. The fraction of sp³-hybridized carbons (Fsp3) is 0.333. The second-order valence-corrected chi connectivity index (χ2v) is 3.62. The first-order chi connectivity index (χ1) is 7.92. The quantitative estimate of drug-likeness (QED) is 0.833. The molecule has 0 aromatic carbocycles. The van der Waals surface area contributed by atoms with E-state index < -0.39 is 0 Å². The Labute approximate surface area is 94.7 Å². The molecule has 84 valence electrons. The number of furan rings is 1. The first kappa shape index (κ1) is 10.8. The molecule has 2 aromatic rings. The van der Waals surface area contributed by atoms with Crippen LogP contribution >= 0.6 is 0 Å². The van der Waals surface area contributed by atoms with E-state index in [2.05, 4.69) is 22.2 Å². The van der Waals surface area contributed by atoms with Crippen molar-refractivity contribution in [3.63, 3.8) is 0 Å². The molecule has 1 atom stereocenters. The summed E-state index contributed by atoms with van der Waals surface area (Å²) < 4.78 is 5.12. The molecule has 0 aliphatic rings. The maximum atomic E-state index is 5.12. The molecule has 0 amide bonds. The van der Waals surface area contributed by atoms with Crippen molar-refractivity contribution in [3.05, 3.63) is 48.4 Å². The Morgan fingerprint density at radius 2 is 2.12 bits per heavy atom. The largest absolute Gasteiger partial charge is 0.472 e. The van der Waals surface area contributed by atoms with Crippen LogP contribution in [0.1, 0.15) is 30.5 Å². The van der Waals surface area contributed by atoms with Crippen molar-refractivity contribution in [2.24, 2.45) is 0 Å². The van der Waals surface area contributed by atoms with Crippen LogP contribution in [0.15, 0.2) is 41.7 Å². The van der Waals surface area contributed by atoms with Crippen molar-refractivity contribution in [3.8, 4) is 0 Å². The van der Waals surface area contributed by atoms with Crippen LogP contribution in [0.25, 0.3) is 0 Å². The molecular formula is C12H15N3O. The molecule has 0 aliphatic carbocycles. The summed E-state index contributed by atoms with van der Waals surface area (Å²) in [5.41, 5.74) is 2.15. The van der Waals surface area contributed by atoms with Crippen LogP contribution < -0.4 is 5.32 Å². The summed E-state index contributed by atoms with van der Waals surface area (Å²) in [5.74, 6) is 0. The van der Waals surface area contributed by atoms with Gasteiger partial charge >= 0.3 is 0 Å². The Kier molecular flexibility index (Phi) is 3.66. The van der Waals surface area contributed by atoms with E-state index in [1.54, 1.807) is 12.5 Å². The summed E-state index contributed by atoms with van der Waals surface area (Å²) in [7, 11) is 0. The molecule has 4 nitrogen and oxygen atoms in total. The molecule has 0 aliphatic heterocycles. The van der Waals surface area contributed by atoms with E-state index in [0.29, 0.717) is 0 Å². The van der Waals surface area contributed by atoms with Gasteiger partial charge in [-0.1, -0.05) is 6.92 Å². The van der Waals surface area contributed by atoms with Gasteiger partial charge in [0.2, 0.25) is 0 Å². The van der Waals surface area contributed by atoms with Crippen LogP contribution in [0.3, 0.4) is 0 Å². The van der Waals surface area contributed by atoms with Crippen LogP contribution in [0.4, 0.5) is 0 Å². The van der Waals surface area contributed by atoms with Crippen LogP contribution in [-0.2, 0) is 0 Å². The van der Waals surface area contributed by atoms with Gasteiger partial charge in [-0.3, -0.25) is 0 Å². The molecule has 0 bridgehead atoms. The average Bonchev–Trinajstić information content (AvgIpc) is 2.85. The summed E-state index contributed by atoms with van der Waals surface area (Å²) >= 11 is 0. The van der Waals surface area contributed by atoms with Gasteiger partial charge in [0.15, 0.2) is 0 Å². The summed E-state index contributed by atoms with van der Waals surface area (Å²) in [6.45, 7) is 3.09. The van der Waals surface area contributed by atoms with Gasteiger partial charge in [-0.15, -0.1) is 0 Å². The smallest absolute Gasteiger partial charge is 0.115 e. The van der Waals surface area contributed by atoms with E-state index in [4.69, 9.17) is 4.42 Å². The van der Waals surface area contributed by atoms with Crippen LogP contribution in [0, 0.1) is 0 Å². The van der Waals surface area contributed by atoms with Gasteiger partial charge < -0.3 is 9.73 Å². The average molecular weight is 217 g/mol. The van der Waals surface area contributed by atoms with Gasteiger partial charge in [-0.2, -0.15) is 0 Å². The Morgan fingerprint density at radius 1 is 1.31 bits per heavy atom. The lowest BCUT2D eigenvalue weighted by Crippen LogP contribution is -2.23. The molecule has 2 heterocycles. The Morgan fingerprint density at radius 3 is 2.75 bits per heavy atom. The standard InChI is InChI=1S/C12H15N3O/c1-2-4-15-12(10-3-5-16-8-10)11-6-13-9-14-7-11/h3,5-9,12,15H,2,4H2,1H3. The number of hydrogen-bond acceptors (Lipinski definition) is 4. The third-order valence-electron chi connectivity index (χ3n) is 2.39. The van der Waals surface area contributed by atoms with Crippen molar-refractivity contribution in [1.82, 2.24) is 15.3 Å². The van der Waals surface area contributed by atoms with Crippen molar-refractivity contribution in [2.45, 2.75) is 19.4 Å². The molecule has 4 heteroatoms. The predicted molar refractivity (Wildman–Crippen MR) is 60.9 cm³/mol. The molecule has 2 rings (SSSR count). The molecule has 2 aromatic heterocycles. The Balaban J connectivity index is 2.21. The molecule has 0 fully saturated rings. The zero-order valence-corrected chi connectivity index (χ0v) is 9.26. The Hall–Kier alpha value is -1.68. The SMILES string of the molecule is CCCNC(c1cncnc1)c1ccoc1. The lowest BCUT2D eigenvalue weighted by Gasteiger charge is -2.16. The molecule has 0 saturated heterocycles. The summed E-state index contributed by atoms with van der Waals surface area (Å²) in [6, 6.07) is 2.07. The number of rotatable bonds is 5. The lowest BCUT2D eigenvalue weighted by molar-refractivity contribution is 0.547. The Bertz CT molecular complexity index is 399. The monoisotopic (exact) mass is 217 g/mol. The number of aromatic nitrogens is 2. The minimum absolute atomic E-state index is 0.111. The summed E-state index contributed by atoms with van der Waals surface area (Å²) in [4.78, 5) is 8.08. The maximum absolute atomic E-state index is 5.12. The van der Waals surface area contributed by atoms with Gasteiger partial charge in [0.25, 0.3) is 0 Å². The van der Waals surface area contributed by atoms with Crippen molar-refractivity contribution < 1.29 is 4.42 Å². The molecule has 16 heavy (non-hydrogen) atoms. The number of nitrogens with one attached hydrogen (secondary N) is 1. The number of nitrogens with zero attached hydrogens (tertiary/aromatic N) is 2. The van der Waals surface area contributed by atoms with E-state index >= 15 is 0 Å². The summed E-state index contributed by atoms with van der Waals surface area (Å²) in [5, 5.41) is 3.45. The minimum Gasteiger partial charge on any atom is -0.472 e.